The smallest absolute Gasteiger partial charge is 0.0837 e. The lowest BCUT2D eigenvalue weighted by atomic mass is 10.3. The molecule has 2 atom stereocenters. The molecule has 0 aliphatic rings. The molecule has 0 rings (SSSR count). The topological polar surface area (TPSA) is 80.3 Å². The van der Waals surface area contributed by atoms with E-state index in [4.69, 9.17) is 0 Å². The van der Waals surface area contributed by atoms with Crippen LogP contribution in [0.1, 0.15) is 26.2 Å². The minimum Gasteiger partial charge on any atom is -0.771 e. The molecule has 0 aliphatic heterocycles. The molecule has 4 nitrogen and oxygen atoms in total. The zero-order valence-corrected chi connectivity index (χ0v) is 7.78. The van der Waals surface area contributed by atoms with Gasteiger partial charge in [0, 0.05) is 0 Å². The molecule has 0 aromatic carbocycles. The van der Waals surface area contributed by atoms with E-state index < -0.39 is 26.7 Å². The lowest BCUT2D eigenvalue weighted by Gasteiger charge is -2.21. The fourth-order valence-electron chi connectivity index (χ4n) is 0.627. The van der Waals surface area contributed by atoms with Crippen molar-refractivity contribution in [2.24, 2.45) is 0 Å². The molecular formula is C5H10O4S2-2. The third-order valence-corrected chi connectivity index (χ3v) is 3.50. The molecule has 0 aromatic rings. The Morgan fingerprint density at radius 1 is 1.27 bits per heavy atom. The van der Waals surface area contributed by atoms with Crippen molar-refractivity contribution in [2.75, 3.05) is 0 Å². The predicted molar refractivity (Wildman–Crippen MR) is 41.2 cm³/mol. The zero-order valence-electron chi connectivity index (χ0n) is 6.15. The maximum Gasteiger partial charge on any atom is 0.0837 e. The van der Waals surface area contributed by atoms with Crippen LogP contribution >= 0.6 is 0 Å². The van der Waals surface area contributed by atoms with Gasteiger partial charge in [-0.1, -0.05) is 19.8 Å². The summed E-state index contributed by atoms with van der Waals surface area (Å²) in [7, 11) is 0. The Hall–Kier alpha value is 0.220. The fourth-order valence-corrected chi connectivity index (χ4v) is 1.86. The van der Waals surface area contributed by atoms with Crippen LogP contribution in [0.25, 0.3) is 0 Å². The molecule has 0 heterocycles. The van der Waals surface area contributed by atoms with Crippen molar-refractivity contribution in [3.05, 3.63) is 0 Å². The third kappa shape index (κ3) is 4.62. The molecule has 0 aliphatic carbocycles. The lowest BCUT2D eigenvalue weighted by Crippen LogP contribution is -2.20. The predicted octanol–water partition coefficient (Wildman–Crippen LogP) is 0.261. The van der Waals surface area contributed by atoms with E-state index in [0.29, 0.717) is 6.42 Å². The van der Waals surface area contributed by atoms with Crippen LogP contribution in [-0.2, 0) is 22.2 Å². The number of unbranched alkanes of at least 4 members (excludes halogenated alkanes) is 1. The van der Waals surface area contributed by atoms with Gasteiger partial charge in [0.15, 0.2) is 0 Å². The van der Waals surface area contributed by atoms with Crippen LogP contribution < -0.4 is 0 Å². The van der Waals surface area contributed by atoms with Gasteiger partial charge in [0.2, 0.25) is 0 Å². The van der Waals surface area contributed by atoms with Crippen LogP contribution in [0.15, 0.2) is 0 Å². The van der Waals surface area contributed by atoms with Crippen LogP contribution in [0, 0.1) is 0 Å². The average molecular weight is 198 g/mol. The lowest BCUT2D eigenvalue weighted by molar-refractivity contribution is 0.505. The second-order valence-electron chi connectivity index (χ2n) is 2.09. The highest BCUT2D eigenvalue weighted by Crippen LogP contribution is 2.08. The standard InChI is InChI=1S/C5H12O4S2/c1-2-3-4-5(10(6)7)11(8)9/h5H,2-4H2,1H3,(H,6,7)(H,8,9)/p-2. The van der Waals surface area contributed by atoms with Crippen molar-refractivity contribution in [1.82, 2.24) is 0 Å². The molecule has 0 amide bonds. The minimum absolute atomic E-state index is 0.197. The number of rotatable bonds is 5. The highest BCUT2D eigenvalue weighted by molar-refractivity contribution is 7.97. The van der Waals surface area contributed by atoms with Gasteiger partial charge in [0.1, 0.15) is 0 Å². The van der Waals surface area contributed by atoms with E-state index in [1.165, 1.54) is 0 Å². The fraction of sp³-hybridized carbons (Fsp3) is 1.00. The Bertz CT molecular complexity index is 145. The summed E-state index contributed by atoms with van der Waals surface area (Å²) in [6.45, 7) is 1.87. The first-order valence-corrected chi connectivity index (χ1v) is 5.53. The summed E-state index contributed by atoms with van der Waals surface area (Å²) in [5, 5.41) is 0. The van der Waals surface area contributed by atoms with E-state index in [1.807, 2.05) is 6.92 Å². The van der Waals surface area contributed by atoms with E-state index >= 15 is 0 Å². The van der Waals surface area contributed by atoms with Crippen molar-refractivity contribution in [3.63, 3.8) is 0 Å². The summed E-state index contributed by atoms with van der Waals surface area (Å²) in [4.78, 5) is 0. The van der Waals surface area contributed by atoms with Crippen molar-refractivity contribution < 1.29 is 17.5 Å². The molecule has 0 radical (unpaired) electrons. The van der Waals surface area contributed by atoms with Gasteiger partial charge in [-0.15, -0.1) is 0 Å². The molecule has 6 heteroatoms. The van der Waals surface area contributed by atoms with Crippen LogP contribution in [-0.4, -0.2) is 22.1 Å². The van der Waals surface area contributed by atoms with Gasteiger partial charge in [0.25, 0.3) is 0 Å². The second-order valence-corrected chi connectivity index (χ2v) is 4.57. The summed E-state index contributed by atoms with van der Waals surface area (Å²) < 4.78 is 39.8. The first kappa shape index (κ1) is 11.2. The van der Waals surface area contributed by atoms with Crippen LogP contribution in [0.5, 0.6) is 0 Å². The van der Waals surface area contributed by atoms with Gasteiger partial charge in [-0.3, -0.25) is 8.42 Å². The first-order chi connectivity index (χ1) is 5.09. The molecule has 0 saturated heterocycles. The molecule has 0 fully saturated rings. The maximum atomic E-state index is 10.3. The second kappa shape index (κ2) is 5.82. The van der Waals surface area contributed by atoms with E-state index in [2.05, 4.69) is 0 Å². The molecule has 0 saturated carbocycles. The van der Waals surface area contributed by atoms with Gasteiger partial charge in [0.05, 0.1) is 4.58 Å². The van der Waals surface area contributed by atoms with Gasteiger partial charge in [-0.25, -0.2) is 0 Å². The van der Waals surface area contributed by atoms with Crippen LogP contribution in [0.3, 0.4) is 0 Å². The average Bonchev–Trinajstić information content (AvgIpc) is 1.87. The Labute approximate surface area is 71.0 Å². The Morgan fingerprint density at radius 3 is 2.00 bits per heavy atom. The van der Waals surface area contributed by atoms with Gasteiger partial charge >= 0.3 is 0 Å². The van der Waals surface area contributed by atoms with Crippen molar-refractivity contribution in [1.29, 1.82) is 0 Å². The normalized spacial score (nSPS) is 19.2. The Morgan fingerprint density at radius 2 is 1.73 bits per heavy atom. The minimum atomic E-state index is -2.50. The molecule has 0 aromatic heterocycles. The largest absolute Gasteiger partial charge is 0.771 e. The van der Waals surface area contributed by atoms with Gasteiger partial charge in [-0.05, 0) is 28.6 Å². The van der Waals surface area contributed by atoms with Crippen LogP contribution in [0.2, 0.25) is 0 Å². The Balaban J connectivity index is 3.90. The number of hydrogen-bond acceptors (Lipinski definition) is 4. The molecule has 11 heavy (non-hydrogen) atoms. The molecule has 0 spiro atoms. The van der Waals surface area contributed by atoms with E-state index in [9.17, 15) is 17.5 Å². The van der Waals surface area contributed by atoms with Crippen LogP contribution in [0.4, 0.5) is 0 Å². The van der Waals surface area contributed by atoms with Gasteiger partial charge < -0.3 is 9.11 Å². The third-order valence-electron chi connectivity index (χ3n) is 1.22. The molecule has 0 bridgehead atoms. The zero-order chi connectivity index (χ0) is 8.85. The van der Waals surface area contributed by atoms with Crippen molar-refractivity contribution in [2.45, 2.75) is 30.8 Å². The summed E-state index contributed by atoms with van der Waals surface area (Å²) in [6, 6.07) is 0. The Kier molecular flexibility index (Phi) is 5.93. The van der Waals surface area contributed by atoms with Gasteiger partial charge in [-0.2, -0.15) is 0 Å². The monoisotopic (exact) mass is 198 g/mol. The highest BCUT2D eigenvalue weighted by Gasteiger charge is 2.08. The quantitative estimate of drug-likeness (QED) is 0.593. The summed E-state index contributed by atoms with van der Waals surface area (Å²) in [5.74, 6) is 0. The SMILES string of the molecule is CCCCC(S(=O)[O-])S(=O)[O-]. The van der Waals surface area contributed by atoms with Crippen molar-refractivity contribution >= 4 is 22.2 Å². The summed E-state index contributed by atoms with van der Waals surface area (Å²) in [6.07, 6.45) is 1.61. The first-order valence-electron chi connectivity index (χ1n) is 3.25. The molecule has 2 unspecified atom stereocenters. The highest BCUT2D eigenvalue weighted by atomic mass is 32.3. The molecule has 68 valence electrons. The summed E-state index contributed by atoms with van der Waals surface area (Å²) in [5.41, 5.74) is 0. The van der Waals surface area contributed by atoms with E-state index in [1.54, 1.807) is 0 Å². The number of hydrogen-bond donors (Lipinski definition) is 0. The van der Waals surface area contributed by atoms with E-state index in [-0.39, 0.29) is 6.42 Å². The van der Waals surface area contributed by atoms with Crippen molar-refractivity contribution in [3.8, 4) is 0 Å². The van der Waals surface area contributed by atoms with E-state index in [0.717, 1.165) is 6.42 Å². The summed E-state index contributed by atoms with van der Waals surface area (Å²) >= 11 is -5.00. The molecular weight excluding hydrogens is 188 g/mol. The molecule has 0 N–H and O–H groups in total. The maximum absolute atomic E-state index is 10.3.